The minimum Gasteiger partial charge on any atom is -0.446 e. The van der Waals surface area contributed by atoms with Crippen molar-refractivity contribution in [1.82, 2.24) is 19.9 Å². The van der Waals surface area contributed by atoms with E-state index in [1.54, 1.807) is 13.3 Å². The van der Waals surface area contributed by atoms with Crippen LogP contribution in [0, 0.1) is 13.8 Å². The molecular weight excluding hydrogens is 332 g/mol. The molecule has 1 aliphatic heterocycles. The number of hydrogen-bond donors (Lipinski definition) is 1. The Hall–Kier alpha value is -2.19. The quantitative estimate of drug-likeness (QED) is 0.796. The Morgan fingerprint density at radius 1 is 1.31 bits per heavy atom. The standard InChI is InChI=1S/C18H28N6O2/c1-12-14(21-13(2)26-12)6-8-19-18-20-9-7-17(22-18)24-10-15(23(3)4)16(11-24)25-5/h7,9,15-16H,6,8,10-11H2,1-5H3,(H,19,20,22)/t15-,16+/m0/s1. The summed E-state index contributed by atoms with van der Waals surface area (Å²) in [5.41, 5.74) is 0.974. The van der Waals surface area contributed by atoms with Gasteiger partial charge in [-0.05, 0) is 27.1 Å². The number of oxazole rings is 1. The van der Waals surface area contributed by atoms with Crippen LogP contribution in [0.5, 0.6) is 0 Å². The van der Waals surface area contributed by atoms with Gasteiger partial charge in [-0.2, -0.15) is 4.98 Å². The van der Waals surface area contributed by atoms with Crippen LogP contribution in [0.25, 0.3) is 0 Å². The molecule has 0 bridgehead atoms. The molecule has 0 unspecified atom stereocenters. The Bertz CT molecular complexity index is 732. The van der Waals surface area contributed by atoms with E-state index in [2.05, 4.69) is 44.2 Å². The van der Waals surface area contributed by atoms with Crippen LogP contribution in [0.15, 0.2) is 16.7 Å². The van der Waals surface area contributed by atoms with Crippen LogP contribution < -0.4 is 10.2 Å². The van der Waals surface area contributed by atoms with Crippen molar-refractivity contribution in [3.8, 4) is 0 Å². The van der Waals surface area contributed by atoms with E-state index in [0.29, 0.717) is 24.4 Å². The van der Waals surface area contributed by atoms with Gasteiger partial charge in [0.05, 0.1) is 17.8 Å². The number of aromatic nitrogens is 3. The van der Waals surface area contributed by atoms with E-state index in [1.165, 1.54) is 0 Å². The molecule has 3 heterocycles. The van der Waals surface area contributed by atoms with Crippen molar-refractivity contribution in [2.75, 3.05) is 51.1 Å². The van der Waals surface area contributed by atoms with E-state index in [-0.39, 0.29) is 6.10 Å². The van der Waals surface area contributed by atoms with Gasteiger partial charge in [0, 0.05) is 46.3 Å². The molecule has 2 atom stereocenters. The summed E-state index contributed by atoms with van der Waals surface area (Å²) in [4.78, 5) is 17.8. The average Bonchev–Trinajstić information content (AvgIpc) is 3.18. The van der Waals surface area contributed by atoms with Crippen molar-refractivity contribution in [3.05, 3.63) is 29.6 Å². The Labute approximate surface area is 154 Å². The molecule has 0 amide bonds. The van der Waals surface area contributed by atoms with Crippen LogP contribution in [-0.4, -0.2) is 72.8 Å². The van der Waals surface area contributed by atoms with E-state index in [1.807, 2.05) is 19.9 Å². The molecule has 0 aliphatic carbocycles. The summed E-state index contributed by atoms with van der Waals surface area (Å²) in [6.07, 6.45) is 2.74. The maximum absolute atomic E-state index is 5.64. The van der Waals surface area contributed by atoms with Gasteiger partial charge in [0.1, 0.15) is 11.6 Å². The van der Waals surface area contributed by atoms with E-state index < -0.39 is 0 Å². The second-order valence-corrected chi connectivity index (χ2v) is 6.86. The van der Waals surface area contributed by atoms with Gasteiger partial charge in [0.15, 0.2) is 5.89 Å². The summed E-state index contributed by atoms with van der Waals surface area (Å²) < 4.78 is 11.1. The maximum Gasteiger partial charge on any atom is 0.224 e. The third-order valence-electron chi connectivity index (χ3n) is 4.81. The summed E-state index contributed by atoms with van der Waals surface area (Å²) in [6, 6.07) is 2.30. The zero-order valence-corrected chi connectivity index (χ0v) is 16.2. The minimum absolute atomic E-state index is 0.176. The number of anilines is 2. The SMILES string of the molecule is CO[C@@H]1CN(c2ccnc(NCCc3nc(C)oc3C)n2)C[C@@H]1N(C)C. The minimum atomic E-state index is 0.176. The van der Waals surface area contributed by atoms with Gasteiger partial charge in [-0.25, -0.2) is 9.97 Å². The fourth-order valence-corrected chi connectivity index (χ4v) is 3.38. The summed E-state index contributed by atoms with van der Waals surface area (Å²) in [5, 5.41) is 3.28. The van der Waals surface area contributed by atoms with E-state index in [4.69, 9.17) is 9.15 Å². The number of nitrogens with zero attached hydrogens (tertiary/aromatic N) is 5. The van der Waals surface area contributed by atoms with Crippen molar-refractivity contribution < 1.29 is 9.15 Å². The number of likely N-dealkylation sites (N-methyl/N-ethyl adjacent to an activating group) is 1. The highest BCUT2D eigenvalue weighted by Gasteiger charge is 2.34. The molecule has 0 spiro atoms. The average molecular weight is 360 g/mol. The van der Waals surface area contributed by atoms with Crippen LogP contribution >= 0.6 is 0 Å². The van der Waals surface area contributed by atoms with Gasteiger partial charge in [-0.1, -0.05) is 0 Å². The highest BCUT2D eigenvalue weighted by Crippen LogP contribution is 2.23. The molecular formula is C18H28N6O2. The third-order valence-corrected chi connectivity index (χ3v) is 4.81. The van der Waals surface area contributed by atoms with Gasteiger partial charge in [-0.3, -0.25) is 0 Å². The van der Waals surface area contributed by atoms with Crippen molar-refractivity contribution in [1.29, 1.82) is 0 Å². The number of ether oxygens (including phenoxy) is 1. The molecule has 8 nitrogen and oxygen atoms in total. The molecule has 0 aromatic carbocycles. The molecule has 0 saturated carbocycles. The Kier molecular flexibility index (Phi) is 5.73. The smallest absolute Gasteiger partial charge is 0.224 e. The topological polar surface area (TPSA) is 79.5 Å². The summed E-state index contributed by atoms with van der Waals surface area (Å²) in [5.74, 6) is 3.12. The molecule has 8 heteroatoms. The molecule has 2 aromatic rings. The predicted octanol–water partition coefficient (Wildman–Crippen LogP) is 1.50. The van der Waals surface area contributed by atoms with E-state index >= 15 is 0 Å². The van der Waals surface area contributed by atoms with Crippen molar-refractivity contribution in [3.63, 3.8) is 0 Å². The highest BCUT2D eigenvalue weighted by molar-refractivity contribution is 5.44. The first-order valence-corrected chi connectivity index (χ1v) is 8.92. The lowest BCUT2D eigenvalue weighted by Gasteiger charge is -2.23. The van der Waals surface area contributed by atoms with Crippen molar-refractivity contribution in [2.45, 2.75) is 32.4 Å². The fraction of sp³-hybridized carbons (Fsp3) is 0.611. The van der Waals surface area contributed by atoms with Gasteiger partial charge < -0.3 is 24.3 Å². The van der Waals surface area contributed by atoms with Crippen LogP contribution in [0.2, 0.25) is 0 Å². The number of hydrogen-bond acceptors (Lipinski definition) is 8. The zero-order chi connectivity index (χ0) is 18.7. The van der Waals surface area contributed by atoms with Crippen LogP contribution in [0.4, 0.5) is 11.8 Å². The summed E-state index contributed by atoms with van der Waals surface area (Å²) in [6.45, 7) is 6.22. The van der Waals surface area contributed by atoms with Crippen molar-refractivity contribution >= 4 is 11.8 Å². The first kappa shape index (κ1) is 18.6. The number of rotatable bonds is 7. The number of methoxy groups -OCH3 is 1. The van der Waals surface area contributed by atoms with Crippen LogP contribution in [-0.2, 0) is 11.2 Å². The molecule has 1 aliphatic rings. The second kappa shape index (κ2) is 8.01. The molecule has 26 heavy (non-hydrogen) atoms. The monoisotopic (exact) mass is 360 g/mol. The fourth-order valence-electron chi connectivity index (χ4n) is 3.38. The van der Waals surface area contributed by atoms with Crippen LogP contribution in [0.3, 0.4) is 0 Å². The summed E-state index contributed by atoms with van der Waals surface area (Å²) in [7, 11) is 5.94. The van der Waals surface area contributed by atoms with Gasteiger partial charge in [0.2, 0.25) is 5.95 Å². The third kappa shape index (κ3) is 4.13. The largest absolute Gasteiger partial charge is 0.446 e. The second-order valence-electron chi connectivity index (χ2n) is 6.86. The molecule has 1 fully saturated rings. The maximum atomic E-state index is 5.64. The lowest BCUT2D eigenvalue weighted by molar-refractivity contribution is 0.0639. The van der Waals surface area contributed by atoms with E-state index in [0.717, 1.165) is 36.8 Å². The van der Waals surface area contributed by atoms with Gasteiger partial charge >= 0.3 is 0 Å². The molecule has 3 rings (SSSR count). The summed E-state index contributed by atoms with van der Waals surface area (Å²) >= 11 is 0. The van der Waals surface area contributed by atoms with Gasteiger partial charge in [-0.15, -0.1) is 0 Å². The zero-order valence-electron chi connectivity index (χ0n) is 16.2. The Morgan fingerprint density at radius 2 is 2.12 bits per heavy atom. The Morgan fingerprint density at radius 3 is 2.73 bits per heavy atom. The van der Waals surface area contributed by atoms with Gasteiger partial charge in [0.25, 0.3) is 0 Å². The lowest BCUT2D eigenvalue weighted by atomic mass is 10.2. The lowest BCUT2D eigenvalue weighted by Crippen LogP contribution is -2.39. The first-order chi connectivity index (χ1) is 12.5. The molecule has 1 N–H and O–H groups in total. The number of nitrogens with one attached hydrogen (secondary N) is 1. The first-order valence-electron chi connectivity index (χ1n) is 8.92. The highest BCUT2D eigenvalue weighted by atomic mass is 16.5. The van der Waals surface area contributed by atoms with Crippen molar-refractivity contribution in [2.24, 2.45) is 0 Å². The molecule has 2 aromatic heterocycles. The normalized spacial score (nSPS) is 20.2. The van der Waals surface area contributed by atoms with Crippen LogP contribution in [0.1, 0.15) is 17.3 Å². The predicted molar refractivity (Wildman–Crippen MR) is 101 cm³/mol. The molecule has 0 radical (unpaired) electrons. The number of aryl methyl sites for hydroxylation is 2. The molecule has 1 saturated heterocycles. The molecule has 142 valence electrons. The van der Waals surface area contributed by atoms with E-state index in [9.17, 15) is 0 Å². The Balaban J connectivity index is 1.60.